The van der Waals surface area contributed by atoms with E-state index in [4.69, 9.17) is 15.0 Å². The highest BCUT2D eigenvalue weighted by molar-refractivity contribution is 8.39. The zero-order chi connectivity index (χ0) is 17.4. The van der Waals surface area contributed by atoms with E-state index in [1.165, 1.54) is 10.9 Å². The molecule has 1 aliphatic heterocycles. The molecular weight excluding hydrogens is 379 g/mol. The summed E-state index contributed by atoms with van der Waals surface area (Å²) in [6.45, 7) is -0.145. The summed E-state index contributed by atoms with van der Waals surface area (Å²) in [4.78, 5) is 22.0. The Bertz CT molecular complexity index is 827. The van der Waals surface area contributed by atoms with Crippen molar-refractivity contribution in [3.05, 3.63) is 16.7 Å². The summed E-state index contributed by atoms with van der Waals surface area (Å²) in [6.07, 6.45) is -3.23. The number of nitrogens with one attached hydrogen (secondary N) is 1. The number of nitrogens with zero attached hydrogens (tertiary/aromatic N) is 3. The molecule has 0 spiro atoms. The lowest BCUT2D eigenvalue weighted by molar-refractivity contribution is -0.0463. The molecule has 0 aliphatic carbocycles. The van der Waals surface area contributed by atoms with Gasteiger partial charge in [0, 0.05) is 0 Å². The first-order valence-electron chi connectivity index (χ1n) is 6.72. The number of aliphatic hydroxyl groups excluding tert-OH is 2. The van der Waals surface area contributed by atoms with E-state index in [1.807, 2.05) is 0 Å². The second kappa shape index (κ2) is 7.06. The summed E-state index contributed by atoms with van der Waals surface area (Å²) in [7, 11) is 0.484. The zero-order valence-corrected chi connectivity index (χ0v) is 15.1. The predicted octanol–water partition coefficient (Wildman–Crippen LogP) is -0.536. The Kier molecular flexibility index (Phi) is 5.22. The Labute approximate surface area is 139 Å². The van der Waals surface area contributed by atoms with Crippen LogP contribution in [0.3, 0.4) is 0 Å². The van der Waals surface area contributed by atoms with E-state index in [0.29, 0.717) is 0 Å². The second-order valence-electron chi connectivity index (χ2n) is 5.00. The molecule has 7 atom stereocenters. The van der Waals surface area contributed by atoms with E-state index in [1.54, 1.807) is 0 Å². The molecule has 3 rings (SSSR count). The first kappa shape index (κ1) is 17.8. The molecule has 0 saturated carbocycles. The van der Waals surface area contributed by atoms with Crippen molar-refractivity contribution in [1.29, 1.82) is 0 Å². The fraction of sp³-hybridized carbons (Fsp3) is 0.500. The van der Waals surface area contributed by atoms with Crippen molar-refractivity contribution >= 4 is 41.7 Å². The highest BCUT2D eigenvalue weighted by atomic mass is 32.4. The highest BCUT2D eigenvalue weighted by Crippen LogP contribution is 2.51. The lowest BCUT2D eigenvalue weighted by Crippen LogP contribution is -2.33. The van der Waals surface area contributed by atoms with Crippen LogP contribution in [0.4, 0.5) is 5.95 Å². The van der Waals surface area contributed by atoms with E-state index in [2.05, 4.69) is 23.9 Å². The number of hydrogen-bond acceptors (Lipinski definition) is 9. The lowest BCUT2D eigenvalue weighted by Gasteiger charge is -2.16. The van der Waals surface area contributed by atoms with Crippen molar-refractivity contribution in [3.8, 4) is 0 Å². The van der Waals surface area contributed by atoms with Gasteiger partial charge in [-0.2, -0.15) is 4.98 Å². The van der Waals surface area contributed by atoms with Gasteiger partial charge in [-0.1, -0.05) is 8.93 Å². The fourth-order valence-electron chi connectivity index (χ4n) is 2.40. The molecule has 130 valence electrons. The number of aliphatic hydroxyl groups is 2. The minimum atomic E-state index is -1.85. The number of aromatic amines is 1. The average molecular weight is 394 g/mol. The van der Waals surface area contributed by atoms with Gasteiger partial charge in [0.15, 0.2) is 25.3 Å². The van der Waals surface area contributed by atoms with Crippen LogP contribution < -0.4 is 11.3 Å². The minimum Gasteiger partial charge on any atom is -0.387 e. The van der Waals surface area contributed by atoms with Crippen LogP contribution in [0.2, 0.25) is 0 Å². The molecule has 0 radical (unpaired) electrons. The van der Waals surface area contributed by atoms with Gasteiger partial charge >= 0.3 is 7.72 Å². The number of anilines is 1. The quantitative estimate of drug-likeness (QED) is 0.487. The van der Waals surface area contributed by atoms with Crippen LogP contribution in [0, 0.1) is 0 Å². The van der Waals surface area contributed by atoms with Crippen molar-refractivity contribution in [1.82, 2.24) is 19.5 Å². The summed E-state index contributed by atoms with van der Waals surface area (Å²) < 4.78 is 23.3. The first-order chi connectivity index (χ1) is 11.4. The number of fused-ring (bicyclic) bond motifs is 1. The summed E-state index contributed by atoms with van der Waals surface area (Å²) in [5, 5.41) is 20.3. The van der Waals surface area contributed by atoms with Crippen LogP contribution in [-0.4, -0.2) is 54.7 Å². The second-order valence-corrected chi connectivity index (χ2v) is 10.2. The predicted molar refractivity (Wildman–Crippen MR) is 90.1 cm³/mol. The van der Waals surface area contributed by atoms with Gasteiger partial charge in [0.25, 0.3) is 5.56 Å². The van der Waals surface area contributed by atoms with E-state index < -0.39 is 37.8 Å². The molecule has 1 aliphatic rings. The van der Waals surface area contributed by atoms with Gasteiger partial charge in [0.2, 0.25) is 5.95 Å². The normalized spacial score (nSPS) is 28.2. The average Bonchev–Trinajstić information content (AvgIpc) is 3.08. The smallest absolute Gasteiger partial charge is 0.387 e. The number of H-pyrrole nitrogens is 1. The van der Waals surface area contributed by atoms with Gasteiger partial charge in [-0.3, -0.25) is 14.3 Å². The third-order valence-corrected chi connectivity index (χ3v) is 7.03. The van der Waals surface area contributed by atoms with Crippen LogP contribution in [0.5, 0.6) is 0 Å². The topological polar surface area (TPSA) is 166 Å². The molecule has 24 heavy (non-hydrogen) atoms. The number of rotatable bonds is 5. The number of ether oxygens (including phenoxy) is 1. The van der Waals surface area contributed by atoms with Gasteiger partial charge in [0.1, 0.15) is 24.9 Å². The molecule has 0 amide bonds. The number of aromatic nitrogens is 4. The Morgan fingerprint density at radius 1 is 1.54 bits per heavy atom. The molecule has 11 nitrogen and oxygen atoms in total. The van der Waals surface area contributed by atoms with E-state index in [-0.39, 0.29) is 31.7 Å². The van der Waals surface area contributed by atoms with Crippen LogP contribution in [-0.2, 0) is 13.8 Å². The molecule has 0 aromatic carbocycles. The van der Waals surface area contributed by atoms with Crippen molar-refractivity contribution in [2.24, 2.45) is 0 Å². The molecule has 14 heteroatoms. The summed E-state index contributed by atoms with van der Waals surface area (Å²) in [5.41, 5.74) is 5.14. The maximum atomic E-state index is 11.8. The summed E-state index contributed by atoms with van der Waals surface area (Å²) in [5.74, 6) is -0.111. The van der Waals surface area contributed by atoms with Gasteiger partial charge < -0.3 is 20.7 Å². The largest absolute Gasteiger partial charge is 0.524 e. The molecule has 3 unspecified atom stereocenters. The standard InChI is InChI=1S/C10H14N5O6P3/c11-10-13-7-4(8(18)14-10)12-2-15(7)9-6(17)5(16)3(21-9)1-20-24(19)23-22/h2-3,5-6,9,16-17,23H,1,22H2,(H2-,11,13,14,18)/p+1/t3-,5-,6-,9-/m1/s1. The monoisotopic (exact) mass is 394 g/mol. The first-order valence-corrected chi connectivity index (χ1v) is 11.6. The third kappa shape index (κ3) is 3.21. The van der Waals surface area contributed by atoms with Crippen LogP contribution >= 0.6 is 24.6 Å². The Hall–Kier alpha value is -1.05. The third-order valence-electron chi connectivity index (χ3n) is 3.52. The number of hydrogen-bond donors (Lipinski definition) is 4. The molecule has 5 N–H and O–H groups in total. The zero-order valence-electron chi connectivity index (χ0n) is 12.1. The van der Waals surface area contributed by atoms with Crippen molar-refractivity contribution < 1.29 is 24.0 Å². The maximum absolute atomic E-state index is 11.8. The fourth-order valence-corrected chi connectivity index (χ4v) is 3.88. The van der Waals surface area contributed by atoms with E-state index >= 15 is 0 Å². The number of nitrogen functional groups attached to an aromatic ring is 1. The maximum Gasteiger partial charge on any atom is 0.524 e. The SMILES string of the molecule is Nc1nc2c(ncn2[C@@H]2O[C@H](CO[P+](=O)PP)[C@@H](O)[C@H]2O)c(=O)[nH]1. The molecule has 2 aromatic rings. The van der Waals surface area contributed by atoms with Gasteiger partial charge in [-0.15, -0.1) is 4.52 Å². The molecule has 0 bridgehead atoms. The van der Waals surface area contributed by atoms with Crippen molar-refractivity contribution in [2.45, 2.75) is 24.5 Å². The van der Waals surface area contributed by atoms with Crippen LogP contribution in [0.1, 0.15) is 6.23 Å². The van der Waals surface area contributed by atoms with Crippen molar-refractivity contribution in [3.63, 3.8) is 0 Å². The Balaban J connectivity index is 1.87. The summed E-state index contributed by atoms with van der Waals surface area (Å²) in [6, 6.07) is 0. The Morgan fingerprint density at radius 2 is 2.29 bits per heavy atom. The molecule has 2 aromatic heterocycles. The van der Waals surface area contributed by atoms with Crippen LogP contribution in [0.15, 0.2) is 11.1 Å². The summed E-state index contributed by atoms with van der Waals surface area (Å²) >= 11 is 0. The van der Waals surface area contributed by atoms with Gasteiger partial charge in [-0.05, 0) is 4.57 Å². The number of nitrogens with two attached hydrogens (primary N) is 1. The van der Waals surface area contributed by atoms with E-state index in [0.717, 1.165) is 0 Å². The highest BCUT2D eigenvalue weighted by Gasteiger charge is 2.45. The van der Waals surface area contributed by atoms with E-state index in [9.17, 15) is 19.6 Å². The van der Waals surface area contributed by atoms with Crippen LogP contribution in [0.25, 0.3) is 11.2 Å². The molecule has 1 saturated heterocycles. The molecule has 1 fully saturated rings. The van der Waals surface area contributed by atoms with Gasteiger partial charge in [-0.25, -0.2) is 4.98 Å². The lowest BCUT2D eigenvalue weighted by atomic mass is 10.1. The number of imidazole rings is 1. The Morgan fingerprint density at radius 3 is 3.00 bits per heavy atom. The molecular formula is C10H15N5O6P3+. The van der Waals surface area contributed by atoms with Gasteiger partial charge in [0.05, 0.1) is 6.33 Å². The van der Waals surface area contributed by atoms with Crippen molar-refractivity contribution in [2.75, 3.05) is 12.3 Å². The molecule has 3 heterocycles. The minimum absolute atomic E-state index is 0.0228.